The Labute approximate surface area is 151 Å². The summed E-state index contributed by atoms with van der Waals surface area (Å²) in [5.74, 6) is -0.216. The van der Waals surface area contributed by atoms with Gasteiger partial charge in [0.2, 0.25) is 10.0 Å². The fourth-order valence-electron chi connectivity index (χ4n) is 2.90. The fourth-order valence-corrected chi connectivity index (χ4v) is 4.59. The lowest BCUT2D eigenvalue weighted by molar-refractivity contribution is 0.0937. The van der Waals surface area contributed by atoms with E-state index in [4.69, 9.17) is 0 Å². The van der Waals surface area contributed by atoms with E-state index in [1.807, 2.05) is 5.38 Å². The molecule has 2 aromatic rings. The highest BCUT2D eigenvalue weighted by molar-refractivity contribution is 7.89. The molecule has 0 radical (unpaired) electrons. The lowest BCUT2D eigenvalue weighted by Crippen LogP contribution is -2.32. The van der Waals surface area contributed by atoms with Crippen molar-refractivity contribution < 1.29 is 13.2 Å². The van der Waals surface area contributed by atoms with Gasteiger partial charge >= 0.3 is 0 Å². The van der Waals surface area contributed by atoms with Crippen LogP contribution in [0.2, 0.25) is 0 Å². The molecule has 1 aromatic heterocycles. The third-order valence-electron chi connectivity index (χ3n) is 4.21. The zero-order chi connectivity index (χ0) is 17.7. The molecule has 0 unspecified atom stereocenters. The molecule has 1 aliphatic carbocycles. The van der Waals surface area contributed by atoms with Crippen LogP contribution < -0.4 is 10.0 Å². The van der Waals surface area contributed by atoms with E-state index in [0.717, 1.165) is 30.7 Å². The molecule has 0 saturated heterocycles. The van der Waals surface area contributed by atoms with Crippen LogP contribution in [0.3, 0.4) is 0 Å². The molecule has 1 heterocycles. The van der Waals surface area contributed by atoms with Gasteiger partial charge < -0.3 is 5.32 Å². The molecular formula is C17H21N3O3S2. The van der Waals surface area contributed by atoms with Gasteiger partial charge in [-0.2, -0.15) is 0 Å². The van der Waals surface area contributed by atoms with Crippen LogP contribution in [0.5, 0.6) is 0 Å². The SMILES string of the molecule is O=C(NC1CCCC1)c1cccc(S(=O)(=O)NCCc2nccs2)c1. The number of sulfonamides is 1. The fraction of sp³-hybridized carbons (Fsp3) is 0.412. The number of hydrogen-bond donors (Lipinski definition) is 2. The molecule has 1 saturated carbocycles. The van der Waals surface area contributed by atoms with Gasteiger partial charge in [0.15, 0.2) is 0 Å². The summed E-state index contributed by atoms with van der Waals surface area (Å²) in [4.78, 5) is 16.5. The van der Waals surface area contributed by atoms with E-state index in [1.54, 1.807) is 18.3 Å². The van der Waals surface area contributed by atoms with Crippen LogP contribution in [0.25, 0.3) is 0 Å². The highest BCUT2D eigenvalue weighted by atomic mass is 32.2. The van der Waals surface area contributed by atoms with Crippen molar-refractivity contribution in [1.29, 1.82) is 0 Å². The Bertz CT molecular complexity index is 813. The first kappa shape index (κ1) is 18.0. The average Bonchev–Trinajstić information content (AvgIpc) is 3.29. The van der Waals surface area contributed by atoms with E-state index in [-0.39, 0.29) is 23.4 Å². The lowest BCUT2D eigenvalue weighted by Gasteiger charge is -2.12. The van der Waals surface area contributed by atoms with Crippen molar-refractivity contribution in [2.24, 2.45) is 0 Å². The molecular weight excluding hydrogens is 358 g/mol. The quantitative estimate of drug-likeness (QED) is 0.773. The van der Waals surface area contributed by atoms with Gasteiger partial charge in [-0.3, -0.25) is 4.79 Å². The second kappa shape index (κ2) is 8.07. The van der Waals surface area contributed by atoms with Crippen LogP contribution in [-0.4, -0.2) is 31.9 Å². The molecule has 2 N–H and O–H groups in total. The zero-order valence-corrected chi connectivity index (χ0v) is 15.4. The maximum absolute atomic E-state index is 12.4. The molecule has 1 fully saturated rings. The van der Waals surface area contributed by atoms with Gasteiger partial charge in [-0.25, -0.2) is 18.1 Å². The number of nitrogens with one attached hydrogen (secondary N) is 2. The third kappa shape index (κ3) is 4.87. The summed E-state index contributed by atoms with van der Waals surface area (Å²) in [7, 11) is -3.65. The van der Waals surface area contributed by atoms with Crippen molar-refractivity contribution in [3.8, 4) is 0 Å². The average molecular weight is 380 g/mol. The number of carbonyl (C=O) groups is 1. The molecule has 0 bridgehead atoms. The zero-order valence-electron chi connectivity index (χ0n) is 13.8. The van der Waals surface area contributed by atoms with Gasteiger partial charge in [0.25, 0.3) is 5.91 Å². The highest BCUT2D eigenvalue weighted by Crippen LogP contribution is 2.19. The number of nitrogens with zero attached hydrogens (tertiary/aromatic N) is 1. The van der Waals surface area contributed by atoms with Crippen LogP contribution in [0.1, 0.15) is 41.0 Å². The monoisotopic (exact) mass is 379 g/mol. The topological polar surface area (TPSA) is 88.2 Å². The number of rotatable bonds is 7. The van der Waals surface area contributed by atoms with Crippen LogP contribution in [0.15, 0.2) is 40.7 Å². The summed E-state index contributed by atoms with van der Waals surface area (Å²) in [5, 5.41) is 5.71. The van der Waals surface area contributed by atoms with Crippen molar-refractivity contribution in [2.45, 2.75) is 43.0 Å². The number of aromatic nitrogens is 1. The van der Waals surface area contributed by atoms with Crippen molar-refractivity contribution >= 4 is 27.3 Å². The Morgan fingerprint density at radius 3 is 2.80 bits per heavy atom. The molecule has 1 aromatic carbocycles. The van der Waals surface area contributed by atoms with E-state index in [9.17, 15) is 13.2 Å². The number of thiazole rings is 1. The summed E-state index contributed by atoms with van der Waals surface area (Å²) in [6.45, 7) is 0.272. The molecule has 134 valence electrons. The van der Waals surface area contributed by atoms with Crippen LogP contribution in [0.4, 0.5) is 0 Å². The smallest absolute Gasteiger partial charge is 0.251 e. The Morgan fingerprint density at radius 1 is 1.28 bits per heavy atom. The van der Waals surface area contributed by atoms with Gasteiger partial charge in [-0.1, -0.05) is 18.9 Å². The third-order valence-corrected chi connectivity index (χ3v) is 6.51. The van der Waals surface area contributed by atoms with Crippen molar-refractivity contribution in [3.63, 3.8) is 0 Å². The summed E-state index contributed by atoms with van der Waals surface area (Å²) >= 11 is 1.49. The van der Waals surface area contributed by atoms with Crippen molar-refractivity contribution in [1.82, 2.24) is 15.0 Å². The minimum absolute atomic E-state index is 0.103. The van der Waals surface area contributed by atoms with Crippen LogP contribution in [-0.2, 0) is 16.4 Å². The summed E-state index contributed by atoms with van der Waals surface area (Å²) in [6.07, 6.45) is 6.47. The van der Waals surface area contributed by atoms with E-state index >= 15 is 0 Å². The molecule has 6 nitrogen and oxygen atoms in total. The lowest BCUT2D eigenvalue weighted by atomic mass is 10.2. The van der Waals surface area contributed by atoms with E-state index in [0.29, 0.717) is 12.0 Å². The van der Waals surface area contributed by atoms with E-state index in [1.165, 1.54) is 23.5 Å². The summed E-state index contributed by atoms with van der Waals surface area (Å²) in [5.41, 5.74) is 0.370. The van der Waals surface area contributed by atoms with Gasteiger partial charge in [-0.15, -0.1) is 11.3 Å². The highest BCUT2D eigenvalue weighted by Gasteiger charge is 2.20. The molecule has 3 rings (SSSR count). The number of benzene rings is 1. The Hall–Kier alpha value is -1.77. The van der Waals surface area contributed by atoms with E-state index in [2.05, 4.69) is 15.0 Å². The van der Waals surface area contributed by atoms with Gasteiger partial charge in [0.05, 0.1) is 9.90 Å². The number of amides is 1. The largest absolute Gasteiger partial charge is 0.349 e. The molecule has 0 spiro atoms. The minimum Gasteiger partial charge on any atom is -0.349 e. The number of carbonyl (C=O) groups excluding carboxylic acids is 1. The maximum Gasteiger partial charge on any atom is 0.251 e. The predicted molar refractivity (Wildman–Crippen MR) is 97.2 cm³/mol. The van der Waals surface area contributed by atoms with Crippen molar-refractivity contribution in [3.05, 3.63) is 46.4 Å². The molecule has 0 atom stereocenters. The van der Waals surface area contributed by atoms with Gasteiger partial charge in [-0.05, 0) is 31.0 Å². The van der Waals surface area contributed by atoms with Crippen molar-refractivity contribution in [2.75, 3.05) is 6.54 Å². The van der Waals surface area contributed by atoms with Crippen LogP contribution >= 0.6 is 11.3 Å². The standard InChI is InChI=1S/C17H21N3O3S2/c21-17(20-14-5-1-2-6-14)13-4-3-7-15(12-13)25(22,23)19-9-8-16-18-10-11-24-16/h3-4,7,10-12,14,19H,1-2,5-6,8-9H2,(H,20,21). The number of hydrogen-bond acceptors (Lipinski definition) is 5. The predicted octanol–water partition coefficient (Wildman–Crippen LogP) is 2.34. The first-order chi connectivity index (χ1) is 12.0. The minimum atomic E-state index is -3.65. The molecule has 1 aliphatic rings. The Balaban J connectivity index is 1.63. The van der Waals surface area contributed by atoms with Gasteiger partial charge in [0, 0.05) is 36.1 Å². The summed E-state index contributed by atoms with van der Waals surface area (Å²) < 4.78 is 27.4. The van der Waals surface area contributed by atoms with Gasteiger partial charge in [0.1, 0.15) is 0 Å². The normalized spacial score (nSPS) is 15.4. The second-order valence-electron chi connectivity index (χ2n) is 6.06. The second-order valence-corrected chi connectivity index (χ2v) is 8.80. The Kier molecular flexibility index (Phi) is 5.82. The molecule has 1 amide bonds. The molecule has 25 heavy (non-hydrogen) atoms. The van der Waals surface area contributed by atoms with Crippen LogP contribution in [0, 0.1) is 0 Å². The first-order valence-corrected chi connectivity index (χ1v) is 10.7. The summed E-state index contributed by atoms with van der Waals surface area (Å²) in [6, 6.07) is 6.36. The molecule has 0 aliphatic heterocycles. The molecule has 8 heteroatoms. The maximum atomic E-state index is 12.4. The van der Waals surface area contributed by atoms with E-state index < -0.39 is 10.0 Å². The Morgan fingerprint density at radius 2 is 2.08 bits per heavy atom. The first-order valence-electron chi connectivity index (χ1n) is 8.33.